The lowest BCUT2D eigenvalue weighted by Crippen LogP contribution is -2.43. The molecule has 3 rings (SSSR count). The topological polar surface area (TPSA) is 136 Å². The Balaban J connectivity index is 2.27. The van der Waals surface area contributed by atoms with Gasteiger partial charge in [0.2, 0.25) is 6.41 Å². The zero-order valence-electron chi connectivity index (χ0n) is 22.0. The number of halogens is 1. The highest BCUT2D eigenvalue weighted by atomic mass is 19.1. The molecule has 200 valence electrons. The number of rotatable bonds is 9. The molecular formula is C27H30FN5O5. The quantitative estimate of drug-likeness (QED) is 0.369. The van der Waals surface area contributed by atoms with Gasteiger partial charge in [-0.05, 0) is 57.5 Å². The van der Waals surface area contributed by atoms with Crippen molar-refractivity contribution in [2.24, 2.45) is 12.8 Å². The summed E-state index contributed by atoms with van der Waals surface area (Å²) in [5, 5.41) is 5.38. The minimum atomic E-state index is -1.34. The van der Waals surface area contributed by atoms with E-state index in [2.05, 4.69) is 10.6 Å². The standard InChI is InChI=1S/C27H30FN5O5/c1-15-10-11-20(19(28)12-15)31-23-21(24(35)30-5)22(16(2)25(36)32(23)6)33(14-34)17-8-7-9-18(13-17)38-27(3,4)26(29)37/h7-14,31H,1-6H3,(H2,29,37)(H,30,35). The number of pyridine rings is 1. The predicted octanol–water partition coefficient (Wildman–Crippen LogP) is 3.18. The molecule has 0 saturated heterocycles. The number of nitrogens with two attached hydrogens (primary N) is 1. The Morgan fingerprint density at radius 1 is 1.16 bits per heavy atom. The molecule has 0 aliphatic carbocycles. The van der Waals surface area contributed by atoms with Gasteiger partial charge in [-0.25, -0.2) is 4.39 Å². The monoisotopic (exact) mass is 523 g/mol. The van der Waals surface area contributed by atoms with Crippen molar-refractivity contribution in [1.82, 2.24) is 9.88 Å². The smallest absolute Gasteiger partial charge is 0.261 e. The molecule has 0 atom stereocenters. The first kappa shape index (κ1) is 27.9. The molecular weight excluding hydrogens is 493 g/mol. The molecule has 0 unspecified atom stereocenters. The first-order chi connectivity index (χ1) is 17.8. The van der Waals surface area contributed by atoms with E-state index in [1.165, 1.54) is 57.6 Å². The average molecular weight is 524 g/mol. The molecule has 2 aromatic carbocycles. The second-order valence-electron chi connectivity index (χ2n) is 9.20. The highest BCUT2D eigenvalue weighted by Crippen LogP contribution is 2.36. The molecule has 0 fully saturated rings. The summed E-state index contributed by atoms with van der Waals surface area (Å²) in [4.78, 5) is 51.8. The van der Waals surface area contributed by atoms with Gasteiger partial charge in [-0.15, -0.1) is 0 Å². The lowest BCUT2D eigenvalue weighted by molar-refractivity contribution is -0.130. The molecule has 1 heterocycles. The van der Waals surface area contributed by atoms with Gasteiger partial charge in [0.15, 0.2) is 5.60 Å². The number of nitrogens with one attached hydrogen (secondary N) is 2. The maximum atomic E-state index is 14.7. The van der Waals surface area contributed by atoms with Crippen molar-refractivity contribution < 1.29 is 23.5 Å². The predicted molar refractivity (Wildman–Crippen MR) is 143 cm³/mol. The lowest BCUT2D eigenvalue weighted by Gasteiger charge is -2.27. The van der Waals surface area contributed by atoms with Gasteiger partial charge in [0.1, 0.15) is 22.9 Å². The van der Waals surface area contributed by atoms with Crippen molar-refractivity contribution in [3.05, 3.63) is 75.3 Å². The number of hydrogen-bond donors (Lipinski definition) is 3. The lowest BCUT2D eigenvalue weighted by atomic mass is 10.1. The van der Waals surface area contributed by atoms with E-state index in [9.17, 15) is 23.6 Å². The van der Waals surface area contributed by atoms with Crippen molar-refractivity contribution in [2.75, 3.05) is 17.3 Å². The summed E-state index contributed by atoms with van der Waals surface area (Å²) in [5.74, 6) is -1.70. The molecule has 10 nitrogen and oxygen atoms in total. The van der Waals surface area contributed by atoms with E-state index in [1.54, 1.807) is 31.2 Å². The molecule has 0 aliphatic heterocycles. The van der Waals surface area contributed by atoms with Gasteiger partial charge >= 0.3 is 0 Å². The minimum absolute atomic E-state index is 0.0104. The Kier molecular flexibility index (Phi) is 7.90. The number of ether oxygens (including phenoxy) is 1. The number of hydrogen-bond acceptors (Lipinski definition) is 6. The zero-order chi connectivity index (χ0) is 28.4. The first-order valence-electron chi connectivity index (χ1n) is 11.6. The van der Waals surface area contributed by atoms with Crippen LogP contribution in [0.2, 0.25) is 0 Å². The molecule has 0 spiro atoms. The number of carbonyl (C=O) groups is 3. The summed E-state index contributed by atoms with van der Waals surface area (Å²) in [7, 11) is 2.83. The summed E-state index contributed by atoms with van der Waals surface area (Å²) in [6.07, 6.45) is 0.447. The second-order valence-corrected chi connectivity index (χ2v) is 9.20. The van der Waals surface area contributed by atoms with Gasteiger partial charge in [0, 0.05) is 25.7 Å². The number of nitrogens with zero attached hydrogens (tertiary/aromatic N) is 2. The third-order valence-electron chi connectivity index (χ3n) is 6.03. The van der Waals surface area contributed by atoms with Gasteiger partial charge in [-0.3, -0.25) is 28.6 Å². The van der Waals surface area contributed by atoms with Crippen molar-refractivity contribution in [1.29, 1.82) is 0 Å². The molecule has 11 heteroatoms. The number of carbonyl (C=O) groups excluding carboxylic acids is 3. The number of primary amides is 1. The van der Waals surface area contributed by atoms with E-state index in [0.29, 0.717) is 12.0 Å². The number of benzene rings is 2. The van der Waals surface area contributed by atoms with Crippen LogP contribution in [-0.2, 0) is 16.6 Å². The van der Waals surface area contributed by atoms with Crippen molar-refractivity contribution in [3.8, 4) is 5.75 Å². The molecule has 0 radical (unpaired) electrons. The van der Waals surface area contributed by atoms with Crippen molar-refractivity contribution in [3.63, 3.8) is 0 Å². The minimum Gasteiger partial charge on any atom is -0.478 e. The van der Waals surface area contributed by atoms with Crippen molar-refractivity contribution >= 4 is 41.1 Å². The highest BCUT2D eigenvalue weighted by molar-refractivity contribution is 6.08. The molecule has 4 N–H and O–H groups in total. The van der Waals surface area contributed by atoms with Gasteiger partial charge in [-0.1, -0.05) is 12.1 Å². The third kappa shape index (κ3) is 5.36. The molecule has 0 saturated carbocycles. The number of anilines is 4. The Labute approximate surface area is 219 Å². The summed E-state index contributed by atoms with van der Waals surface area (Å²) in [6.45, 7) is 6.20. The maximum absolute atomic E-state index is 14.7. The normalized spacial score (nSPS) is 11.0. The third-order valence-corrected chi connectivity index (χ3v) is 6.03. The number of aromatic nitrogens is 1. The van der Waals surface area contributed by atoms with Gasteiger partial charge in [-0.2, -0.15) is 0 Å². The van der Waals surface area contributed by atoms with E-state index in [-0.39, 0.29) is 39.8 Å². The Hall–Kier alpha value is -4.67. The van der Waals surface area contributed by atoms with Gasteiger partial charge in [0.05, 0.1) is 17.1 Å². The van der Waals surface area contributed by atoms with E-state index in [1.807, 2.05) is 0 Å². The Morgan fingerprint density at radius 2 is 1.84 bits per heavy atom. The fourth-order valence-corrected chi connectivity index (χ4v) is 3.84. The van der Waals surface area contributed by atoms with Crippen LogP contribution in [0.4, 0.5) is 27.3 Å². The van der Waals surface area contributed by atoms with Crippen LogP contribution in [-0.4, -0.2) is 35.4 Å². The second kappa shape index (κ2) is 10.8. The summed E-state index contributed by atoms with van der Waals surface area (Å²) < 4.78 is 21.6. The summed E-state index contributed by atoms with van der Waals surface area (Å²) in [5.41, 5.74) is 4.53. The molecule has 3 amide bonds. The molecule has 0 bridgehead atoms. The number of amides is 3. The van der Waals surface area contributed by atoms with Crippen LogP contribution in [0.25, 0.3) is 0 Å². The van der Waals surface area contributed by atoms with Crippen LogP contribution in [0.15, 0.2) is 47.3 Å². The van der Waals surface area contributed by atoms with Crippen LogP contribution in [0.3, 0.4) is 0 Å². The van der Waals surface area contributed by atoms with E-state index in [0.717, 1.165) is 4.90 Å². The summed E-state index contributed by atoms with van der Waals surface area (Å²) >= 11 is 0. The molecule has 38 heavy (non-hydrogen) atoms. The molecule has 0 aliphatic rings. The highest BCUT2D eigenvalue weighted by Gasteiger charge is 2.30. The SMILES string of the molecule is CNC(=O)c1c(N(C=O)c2cccc(OC(C)(C)C(N)=O)c2)c(C)c(=O)n(C)c1Nc1ccc(C)cc1F. The van der Waals surface area contributed by atoms with Crippen molar-refractivity contribution in [2.45, 2.75) is 33.3 Å². The fraction of sp³-hybridized carbons (Fsp3) is 0.259. The van der Waals surface area contributed by atoms with Crippen LogP contribution in [0.5, 0.6) is 5.75 Å². The molecule has 3 aromatic rings. The van der Waals surface area contributed by atoms with Gasteiger partial charge in [0.25, 0.3) is 17.4 Å². The number of aryl methyl sites for hydroxylation is 1. The van der Waals surface area contributed by atoms with E-state index >= 15 is 0 Å². The maximum Gasteiger partial charge on any atom is 0.261 e. The van der Waals surface area contributed by atoms with E-state index in [4.69, 9.17) is 10.5 Å². The van der Waals surface area contributed by atoms with Crippen LogP contribution < -0.4 is 31.6 Å². The average Bonchev–Trinajstić information content (AvgIpc) is 2.86. The van der Waals surface area contributed by atoms with Gasteiger partial charge < -0.3 is 21.1 Å². The van der Waals surface area contributed by atoms with Crippen LogP contribution >= 0.6 is 0 Å². The van der Waals surface area contributed by atoms with E-state index < -0.39 is 28.8 Å². The Bertz CT molecular complexity index is 1480. The zero-order valence-corrected chi connectivity index (χ0v) is 22.0. The first-order valence-corrected chi connectivity index (χ1v) is 11.6. The summed E-state index contributed by atoms with van der Waals surface area (Å²) in [6, 6.07) is 10.7. The van der Waals surface area contributed by atoms with Crippen LogP contribution in [0, 0.1) is 19.7 Å². The molecule has 1 aromatic heterocycles. The fourth-order valence-electron chi connectivity index (χ4n) is 3.84. The largest absolute Gasteiger partial charge is 0.478 e. The van der Waals surface area contributed by atoms with Crippen LogP contribution in [0.1, 0.15) is 35.3 Å². The Morgan fingerprint density at radius 3 is 2.42 bits per heavy atom.